The Morgan fingerprint density at radius 2 is 1.86 bits per heavy atom. The molecule has 1 aromatic rings. The molecule has 0 unspecified atom stereocenters. The average molecular weight is 313 g/mol. The van der Waals surface area contributed by atoms with Crippen LogP contribution < -0.4 is 4.31 Å². The summed E-state index contributed by atoms with van der Waals surface area (Å²) < 4.78 is 31.6. The molecule has 0 saturated carbocycles. The van der Waals surface area contributed by atoms with Gasteiger partial charge >= 0.3 is 5.97 Å². The van der Waals surface area contributed by atoms with Gasteiger partial charge < -0.3 is 9.84 Å². The van der Waals surface area contributed by atoms with Crippen molar-refractivity contribution in [2.75, 3.05) is 24.1 Å². The van der Waals surface area contributed by atoms with Crippen LogP contribution in [0, 0.1) is 6.92 Å². The molecule has 0 amide bonds. The van der Waals surface area contributed by atoms with Gasteiger partial charge in [0.2, 0.25) is 10.0 Å². The van der Waals surface area contributed by atoms with Gasteiger partial charge in [-0.15, -0.1) is 0 Å². The number of aryl methyl sites for hydroxylation is 1. The zero-order valence-electron chi connectivity index (χ0n) is 11.9. The van der Waals surface area contributed by atoms with Crippen molar-refractivity contribution in [2.45, 2.75) is 25.0 Å². The minimum atomic E-state index is -3.71. The number of aliphatic carboxylic acids is 1. The van der Waals surface area contributed by atoms with Crippen molar-refractivity contribution in [3.63, 3.8) is 0 Å². The third-order valence-electron chi connectivity index (χ3n) is 3.50. The van der Waals surface area contributed by atoms with Gasteiger partial charge in [0.1, 0.15) is 6.54 Å². The van der Waals surface area contributed by atoms with Gasteiger partial charge in [-0.2, -0.15) is 0 Å². The van der Waals surface area contributed by atoms with E-state index in [0.717, 1.165) is 9.87 Å². The van der Waals surface area contributed by atoms with E-state index in [4.69, 9.17) is 9.84 Å². The molecule has 1 aliphatic rings. The summed E-state index contributed by atoms with van der Waals surface area (Å²) in [6, 6.07) is 6.80. The Morgan fingerprint density at radius 1 is 1.29 bits per heavy atom. The fraction of sp³-hybridized carbons (Fsp3) is 0.500. The van der Waals surface area contributed by atoms with Crippen molar-refractivity contribution < 1.29 is 23.1 Å². The van der Waals surface area contributed by atoms with E-state index in [1.165, 1.54) is 0 Å². The van der Waals surface area contributed by atoms with Crippen LogP contribution in [0.1, 0.15) is 18.4 Å². The second kappa shape index (κ2) is 6.44. The molecule has 2 rings (SSSR count). The Balaban J connectivity index is 2.34. The largest absolute Gasteiger partial charge is 0.480 e. The molecular formula is C14H19NO5S. The highest BCUT2D eigenvalue weighted by Gasteiger charge is 2.34. The average Bonchev–Trinajstić information content (AvgIpc) is 2.46. The third kappa shape index (κ3) is 3.74. The lowest BCUT2D eigenvalue weighted by Gasteiger charge is -2.30. The number of anilines is 1. The van der Waals surface area contributed by atoms with Crippen molar-refractivity contribution in [3.8, 4) is 0 Å². The number of sulfonamides is 1. The van der Waals surface area contributed by atoms with E-state index >= 15 is 0 Å². The number of carbonyl (C=O) groups is 1. The van der Waals surface area contributed by atoms with Crippen molar-refractivity contribution in [1.82, 2.24) is 0 Å². The molecule has 0 spiro atoms. The zero-order chi connectivity index (χ0) is 15.5. The SMILES string of the molecule is Cc1ccc(N(CC(=O)O)S(=O)(=O)C2CCOCC2)cc1. The van der Waals surface area contributed by atoms with Crippen LogP contribution in [0.5, 0.6) is 0 Å². The first-order valence-corrected chi connectivity index (χ1v) is 8.29. The number of hydrogen-bond acceptors (Lipinski definition) is 4. The van der Waals surface area contributed by atoms with Crippen LogP contribution >= 0.6 is 0 Å². The second-order valence-corrected chi connectivity index (χ2v) is 7.23. The highest BCUT2D eigenvalue weighted by molar-refractivity contribution is 7.93. The van der Waals surface area contributed by atoms with Crippen molar-refractivity contribution in [2.24, 2.45) is 0 Å². The smallest absolute Gasteiger partial charge is 0.324 e. The quantitative estimate of drug-likeness (QED) is 0.888. The summed E-state index contributed by atoms with van der Waals surface area (Å²) in [5.74, 6) is -1.17. The first-order chi connectivity index (χ1) is 9.91. The Labute approximate surface area is 124 Å². The molecule has 1 fully saturated rings. The van der Waals surface area contributed by atoms with Crippen LogP contribution in [-0.4, -0.2) is 44.5 Å². The molecular weight excluding hydrogens is 294 g/mol. The standard InChI is InChI=1S/C14H19NO5S/c1-11-2-4-12(5-3-11)15(10-14(16)17)21(18,19)13-6-8-20-9-7-13/h2-5,13H,6-10H2,1H3,(H,16,17). The molecule has 6 nitrogen and oxygen atoms in total. The molecule has 21 heavy (non-hydrogen) atoms. The number of rotatable bonds is 5. The summed E-state index contributed by atoms with van der Waals surface area (Å²) >= 11 is 0. The minimum absolute atomic E-state index is 0.384. The normalized spacial score (nSPS) is 16.6. The van der Waals surface area contributed by atoms with E-state index in [9.17, 15) is 13.2 Å². The molecule has 0 atom stereocenters. The molecule has 1 heterocycles. The summed E-state index contributed by atoms with van der Waals surface area (Å²) in [5.41, 5.74) is 1.37. The van der Waals surface area contributed by atoms with Crippen LogP contribution in [-0.2, 0) is 19.6 Å². The third-order valence-corrected chi connectivity index (χ3v) is 5.77. The van der Waals surface area contributed by atoms with E-state index in [0.29, 0.717) is 31.7 Å². The van der Waals surface area contributed by atoms with Gasteiger partial charge in [-0.05, 0) is 31.9 Å². The maximum atomic E-state index is 12.7. The second-order valence-electron chi connectivity index (χ2n) is 5.09. The highest BCUT2D eigenvalue weighted by atomic mass is 32.2. The molecule has 1 aliphatic heterocycles. The Hall–Kier alpha value is -1.60. The first-order valence-electron chi connectivity index (χ1n) is 6.79. The molecule has 7 heteroatoms. The molecule has 0 aromatic heterocycles. The Kier molecular flexibility index (Phi) is 4.84. The maximum Gasteiger partial charge on any atom is 0.324 e. The van der Waals surface area contributed by atoms with Gasteiger partial charge in [-0.1, -0.05) is 17.7 Å². The summed E-state index contributed by atoms with van der Waals surface area (Å²) in [6.07, 6.45) is 0.786. The predicted molar refractivity (Wildman–Crippen MR) is 78.9 cm³/mol. The van der Waals surface area contributed by atoms with Crippen molar-refractivity contribution >= 4 is 21.7 Å². The highest BCUT2D eigenvalue weighted by Crippen LogP contribution is 2.25. The minimum Gasteiger partial charge on any atom is -0.480 e. The van der Waals surface area contributed by atoms with Crippen LogP contribution in [0.25, 0.3) is 0 Å². The van der Waals surface area contributed by atoms with E-state index in [2.05, 4.69) is 0 Å². The summed E-state index contributed by atoms with van der Waals surface area (Å²) in [6.45, 7) is 2.10. The predicted octanol–water partition coefficient (Wildman–Crippen LogP) is 1.39. The topological polar surface area (TPSA) is 83.9 Å². The number of ether oxygens (including phenoxy) is 1. The molecule has 0 bridgehead atoms. The zero-order valence-corrected chi connectivity index (χ0v) is 12.7. The Morgan fingerprint density at radius 3 is 2.38 bits per heavy atom. The lowest BCUT2D eigenvalue weighted by atomic mass is 10.2. The molecule has 0 aliphatic carbocycles. The molecule has 116 valence electrons. The fourth-order valence-electron chi connectivity index (χ4n) is 2.32. The van der Waals surface area contributed by atoms with Gasteiger partial charge in [0, 0.05) is 13.2 Å². The monoisotopic (exact) mass is 313 g/mol. The summed E-state index contributed by atoms with van der Waals surface area (Å²) in [7, 11) is -3.71. The first kappa shape index (κ1) is 15.8. The number of benzene rings is 1. The number of nitrogens with zero attached hydrogens (tertiary/aromatic N) is 1. The van der Waals surface area contributed by atoms with Gasteiger partial charge in [0.15, 0.2) is 0 Å². The lowest BCUT2D eigenvalue weighted by Crippen LogP contribution is -2.44. The summed E-state index contributed by atoms with van der Waals surface area (Å²) in [5, 5.41) is 8.44. The van der Waals surface area contributed by atoms with Gasteiger partial charge in [0.25, 0.3) is 0 Å². The number of carboxylic acids is 1. The Bertz CT molecular complexity index is 590. The van der Waals surface area contributed by atoms with Crippen molar-refractivity contribution in [3.05, 3.63) is 29.8 Å². The van der Waals surface area contributed by atoms with Crippen molar-refractivity contribution in [1.29, 1.82) is 0 Å². The van der Waals surface area contributed by atoms with Gasteiger partial charge in [-0.3, -0.25) is 9.10 Å². The lowest BCUT2D eigenvalue weighted by molar-refractivity contribution is -0.135. The van der Waals surface area contributed by atoms with Crippen LogP contribution in [0.15, 0.2) is 24.3 Å². The molecule has 0 radical (unpaired) electrons. The fourth-order valence-corrected chi connectivity index (χ4v) is 4.17. The number of hydrogen-bond donors (Lipinski definition) is 1. The van der Waals surface area contributed by atoms with Gasteiger partial charge in [0.05, 0.1) is 10.9 Å². The van der Waals surface area contributed by atoms with E-state index in [1.54, 1.807) is 24.3 Å². The van der Waals surface area contributed by atoms with Crippen LogP contribution in [0.2, 0.25) is 0 Å². The summed E-state index contributed by atoms with van der Waals surface area (Å²) in [4.78, 5) is 11.0. The van der Waals surface area contributed by atoms with Crippen LogP contribution in [0.4, 0.5) is 5.69 Å². The van der Waals surface area contributed by atoms with E-state index < -0.39 is 27.8 Å². The number of carboxylic acid groups (broad SMARTS) is 1. The molecule has 1 aromatic carbocycles. The van der Waals surface area contributed by atoms with E-state index in [1.807, 2.05) is 6.92 Å². The molecule has 1 saturated heterocycles. The molecule has 1 N–H and O–H groups in total. The van der Waals surface area contributed by atoms with E-state index in [-0.39, 0.29) is 0 Å². The van der Waals surface area contributed by atoms with Gasteiger partial charge in [-0.25, -0.2) is 8.42 Å². The van der Waals surface area contributed by atoms with Crippen LogP contribution in [0.3, 0.4) is 0 Å². The maximum absolute atomic E-state index is 12.7.